The molecule has 0 fully saturated rings. The molecule has 1 amide bonds. The molecular formula is C14H17F2NO3. The van der Waals surface area contributed by atoms with Gasteiger partial charge in [-0.25, -0.2) is 8.78 Å². The Labute approximate surface area is 116 Å². The van der Waals surface area contributed by atoms with Crippen LogP contribution in [-0.2, 0) is 20.7 Å². The summed E-state index contributed by atoms with van der Waals surface area (Å²) in [5, 5.41) is 0. The van der Waals surface area contributed by atoms with E-state index in [4.69, 9.17) is 0 Å². The largest absolute Gasteiger partial charge is 0.469 e. The van der Waals surface area contributed by atoms with Crippen LogP contribution in [-0.4, -0.2) is 37.5 Å². The molecule has 0 bridgehead atoms. The minimum atomic E-state index is -1.02. The van der Waals surface area contributed by atoms with Crippen LogP contribution in [0.5, 0.6) is 0 Å². The minimum absolute atomic E-state index is 0.00688. The Hall–Kier alpha value is -1.98. The molecule has 1 aromatic rings. The number of amides is 1. The number of halogens is 2. The summed E-state index contributed by atoms with van der Waals surface area (Å²) in [4.78, 5) is 24.5. The number of ether oxygens (including phenoxy) is 1. The highest BCUT2D eigenvalue weighted by atomic mass is 19.2. The number of esters is 1. The van der Waals surface area contributed by atoms with E-state index >= 15 is 0 Å². The van der Waals surface area contributed by atoms with Gasteiger partial charge in [-0.2, -0.15) is 0 Å². The fourth-order valence-corrected chi connectivity index (χ4v) is 1.77. The molecule has 0 aliphatic rings. The molecule has 1 aromatic carbocycles. The number of hydrogen-bond acceptors (Lipinski definition) is 3. The van der Waals surface area contributed by atoms with E-state index in [2.05, 4.69) is 4.74 Å². The molecule has 0 N–H and O–H groups in total. The number of rotatable bonds is 5. The van der Waals surface area contributed by atoms with Crippen LogP contribution in [0.4, 0.5) is 8.78 Å². The van der Waals surface area contributed by atoms with Crippen LogP contribution in [0, 0.1) is 17.6 Å². The van der Waals surface area contributed by atoms with Crippen molar-refractivity contribution in [1.29, 1.82) is 0 Å². The van der Waals surface area contributed by atoms with E-state index in [1.165, 1.54) is 31.2 Å². The summed E-state index contributed by atoms with van der Waals surface area (Å²) in [6, 6.07) is 3.69. The van der Waals surface area contributed by atoms with Gasteiger partial charge in [0.25, 0.3) is 0 Å². The van der Waals surface area contributed by atoms with Crippen LogP contribution >= 0.6 is 0 Å². The first-order chi connectivity index (χ1) is 9.36. The van der Waals surface area contributed by atoms with Gasteiger partial charge >= 0.3 is 5.97 Å². The van der Waals surface area contributed by atoms with Crippen molar-refractivity contribution in [1.82, 2.24) is 4.90 Å². The van der Waals surface area contributed by atoms with Gasteiger partial charge in [-0.15, -0.1) is 0 Å². The predicted octanol–water partition coefficient (Wildman–Crippen LogP) is 1.77. The van der Waals surface area contributed by atoms with Crippen LogP contribution in [0.15, 0.2) is 18.2 Å². The van der Waals surface area contributed by atoms with Gasteiger partial charge in [-0.3, -0.25) is 9.59 Å². The molecule has 0 radical (unpaired) electrons. The van der Waals surface area contributed by atoms with Gasteiger partial charge in [0, 0.05) is 19.2 Å². The van der Waals surface area contributed by atoms with Crippen molar-refractivity contribution in [3.05, 3.63) is 35.4 Å². The monoisotopic (exact) mass is 285 g/mol. The van der Waals surface area contributed by atoms with Gasteiger partial charge in [0.15, 0.2) is 11.6 Å². The Balaban J connectivity index is 2.66. The van der Waals surface area contributed by atoms with Gasteiger partial charge < -0.3 is 9.64 Å². The number of carbonyl (C=O) groups excluding carboxylic acids is 2. The summed E-state index contributed by atoms with van der Waals surface area (Å²) in [6.45, 7) is 1.78. The molecule has 0 aliphatic carbocycles. The first-order valence-corrected chi connectivity index (χ1v) is 6.11. The fourth-order valence-electron chi connectivity index (χ4n) is 1.77. The number of likely N-dealkylation sites (N-methyl/N-ethyl adjacent to an activating group) is 1. The molecule has 1 unspecified atom stereocenters. The zero-order valence-electron chi connectivity index (χ0n) is 11.7. The first kappa shape index (κ1) is 16.1. The predicted molar refractivity (Wildman–Crippen MR) is 68.9 cm³/mol. The fraction of sp³-hybridized carbons (Fsp3) is 0.429. The molecule has 110 valence electrons. The summed E-state index contributed by atoms with van der Waals surface area (Å²) < 4.78 is 31.0. The van der Waals surface area contributed by atoms with Crippen LogP contribution in [0.2, 0.25) is 0 Å². The Morgan fingerprint density at radius 3 is 2.60 bits per heavy atom. The van der Waals surface area contributed by atoms with Crippen molar-refractivity contribution >= 4 is 11.9 Å². The second kappa shape index (κ2) is 6.98. The Morgan fingerprint density at radius 2 is 2.00 bits per heavy atom. The summed E-state index contributed by atoms with van der Waals surface area (Å²) >= 11 is 0. The van der Waals surface area contributed by atoms with E-state index in [-0.39, 0.29) is 18.5 Å². The standard InChI is InChI=1S/C14H17F2NO3/c1-9(14(19)20-3)8-17(2)12(18)7-10-5-4-6-11(15)13(10)16/h4-6,9H,7-8H2,1-3H3. The van der Waals surface area contributed by atoms with Gasteiger partial charge in [0.2, 0.25) is 5.91 Å². The normalized spacial score (nSPS) is 11.8. The highest BCUT2D eigenvalue weighted by molar-refractivity contribution is 5.79. The topological polar surface area (TPSA) is 46.6 Å². The number of methoxy groups -OCH3 is 1. The summed E-state index contributed by atoms with van der Waals surface area (Å²) in [6.07, 6.45) is -0.256. The van der Waals surface area contributed by atoms with E-state index in [9.17, 15) is 18.4 Å². The maximum atomic E-state index is 13.5. The lowest BCUT2D eigenvalue weighted by molar-refractivity contribution is -0.146. The van der Waals surface area contributed by atoms with Gasteiger partial charge in [-0.05, 0) is 6.07 Å². The van der Waals surface area contributed by atoms with Crippen molar-refractivity contribution in [2.75, 3.05) is 20.7 Å². The van der Waals surface area contributed by atoms with Crippen LogP contribution in [0.1, 0.15) is 12.5 Å². The van der Waals surface area contributed by atoms with Crippen LogP contribution in [0.25, 0.3) is 0 Å². The average Bonchev–Trinajstić information content (AvgIpc) is 2.42. The molecule has 20 heavy (non-hydrogen) atoms. The van der Waals surface area contributed by atoms with Crippen molar-refractivity contribution < 1.29 is 23.1 Å². The number of nitrogens with zero attached hydrogens (tertiary/aromatic N) is 1. The molecule has 0 aliphatic heterocycles. The minimum Gasteiger partial charge on any atom is -0.469 e. The van der Waals surface area contributed by atoms with E-state index < -0.39 is 29.4 Å². The Morgan fingerprint density at radius 1 is 1.35 bits per heavy atom. The molecule has 0 aromatic heterocycles. The maximum Gasteiger partial charge on any atom is 0.310 e. The highest BCUT2D eigenvalue weighted by Crippen LogP contribution is 2.13. The highest BCUT2D eigenvalue weighted by Gasteiger charge is 2.20. The molecule has 1 atom stereocenters. The molecule has 6 heteroatoms. The van der Waals surface area contributed by atoms with Crippen molar-refractivity contribution in [3.8, 4) is 0 Å². The molecule has 4 nitrogen and oxygen atoms in total. The Kier molecular flexibility index (Phi) is 5.61. The molecule has 0 heterocycles. The van der Waals surface area contributed by atoms with Gasteiger partial charge in [-0.1, -0.05) is 19.1 Å². The lowest BCUT2D eigenvalue weighted by Gasteiger charge is -2.20. The third-order valence-electron chi connectivity index (χ3n) is 2.95. The van der Waals surface area contributed by atoms with Crippen molar-refractivity contribution in [3.63, 3.8) is 0 Å². The van der Waals surface area contributed by atoms with E-state index in [1.54, 1.807) is 6.92 Å². The van der Waals surface area contributed by atoms with Gasteiger partial charge in [0.05, 0.1) is 19.4 Å². The first-order valence-electron chi connectivity index (χ1n) is 6.11. The second-order valence-corrected chi connectivity index (χ2v) is 4.59. The quantitative estimate of drug-likeness (QED) is 0.775. The van der Waals surface area contributed by atoms with Crippen molar-refractivity contribution in [2.45, 2.75) is 13.3 Å². The average molecular weight is 285 g/mol. The third-order valence-corrected chi connectivity index (χ3v) is 2.95. The Bertz CT molecular complexity index is 505. The smallest absolute Gasteiger partial charge is 0.310 e. The molecule has 0 spiro atoms. The zero-order chi connectivity index (χ0) is 15.3. The summed E-state index contributed by atoms with van der Waals surface area (Å²) in [5.74, 6) is -3.31. The second-order valence-electron chi connectivity index (χ2n) is 4.59. The molecular weight excluding hydrogens is 268 g/mol. The van der Waals surface area contributed by atoms with E-state index in [0.717, 1.165) is 6.07 Å². The van der Waals surface area contributed by atoms with Crippen molar-refractivity contribution in [2.24, 2.45) is 5.92 Å². The third kappa shape index (κ3) is 4.01. The lowest BCUT2D eigenvalue weighted by atomic mass is 10.1. The van der Waals surface area contributed by atoms with Crippen LogP contribution in [0.3, 0.4) is 0 Å². The number of hydrogen-bond donors (Lipinski definition) is 0. The van der Waals surface area contributed by atoms with E-state index in [1.807, 2.05) is 0 Å². The summed E-state index contributed by atoms with van der Waals surface area (Å²) in [7, 11) is 2.77. The molecule has 0 saturated carbocycles. The van der Waals surface area contributed by atoms with E-state index in [0.29, 0.717) is 0 Å². The van der Waals surface area contributed by atoms with Crippen LogP contribution < -0.4 is 0 Å². The van der Waals surface area contributed by atoms with Gasteiger partial charge in [0.1, 0.15) is 0 Å². The number of carbonyl (C=O) groups is 2. The lowest BCUT2D eigenvalue weighted by Crippen LogP contribution is -2.35. The summed E-state index contributed by atoms with van der Waals surface area (Å²) in [5.41, 5.74) is -0.00688. The molecule has 1 rings (SSSR count). The molecule has 0 saturated heterocycles. The SMILES string of the molecule is COC(=O)C(C)CN(C)C(=O)Cc1cccc(F)c1F. The maximum absolute atomic E-state index is 13.5. The number of benzene rings is 1. The zero-order valence-corrected chi connectivity index (χ0v) is 11.7.